The molecular formula is C13H21NO3. The number of carbonyl (C=O) groups excluding carboxylic acids is 1. The van der Waals surface area contributed by atoms with Gasteiger partial charge in [0.2, 0.25) is 0 Å². The van der Waals surface area contributed by atoms with Gasteiger partial charge < -0.3 is 14.7 Å². The number of carbonyl (C=O) groups is 1. The smallest absolute Gasteiger partial charge is 0.410 e. The molecular weight excluding hydrogens is 218 g/mol. The van der Waals surface area contributed by atoms with Gasteiger partial charge in [-0.1, -0.05) is 0 Å². The summed E-state index contributed by atoms with van der Waals surface area (Å²) in [6.45, 7) is 6.33. The van der Waals surface area contributed by atoms with Crippen molar-refractivity contribution in [2.75, 3.05) is 13.1 Å². The lowest BCUT2D eigenvalue weighted by atomic mass is 9.90. The van der Waals surface area contributed by atoms with Crippen molar-refractivity contribution in [1.29, 1.82) is 0 Å². The molecule has 0 aromatic carbocycles. The third-order valence-corrected chi connectivity index (χ3v) is 2.64. The average Bonchev–Trinajstić information content (AvgIpc) is 2.14. The van der Waals surface area contributed by atoms with Gasteiger partial charge in [0.05, 0.1) is 12.1 Å². The lowest BCUT2D eigenvalue weighted by Gasteiger charge is -2.38. The molecule has 4 nitrogen and oxygen atoms in total. The van der Waals surface area contributed by atoms with Crippen LogP contribution in [0.25, 0.3) is 0 Å². The Morgan fingerprint density at radius 1 is 1.59 bits per heavy atom. The maximum Gasteiger partial charge on any atom is 0.410 e. The van der Waals surface area contributed by atoms with Gasteiger partial charge in [0.25, 0.3) is 0 Å². The minimum atomic E-state index is -0.954. The fourth-order valence-electron chi connectivity index (χ4n) is 1.93. The van der Waals surface area contributed by atoms with Crippen LogP contribution < -0.4 is 0 Å². The minimum absolute atomic E-state index is 0.256. The van der Waals surface area contributed by atoms with Crippen molar-refractivity contribution >= 4 is 6.09 Å². The second kappa shape index (κ2) is 4.97. The number of hydrogen-bond acceptors (Lipinski definition) is 3. The topological polar surface area (TPSA) is 49.8 Å². The standard InChI is InChI=1S/C13H21NO3/c1-5-7-13(16)8-6-9-14(10-13)11(15)17-12(2,3)4/h1,16H,6-10H2,2-4H3. The zero-order valence-corrected chi connectivity index (χ0v) is 10.8. The van der Waals surface area contributed by atoms with E-state index in [0.29, 0.717) is 13.0 Å². The van der Waals surface area contributed by atoms with E-state index in [0.717, 1.165) is 6.42 Å². The molecule has 0 aliphatic carbocycles. The Hall–Kier alpha value is -1.21. The van der Waals surface area contributed by atoms with Crippen LogP contribution in [0.4, 0.5) is 4.79 Å². The number of aliphatic hydroxyl groups is 1. The van der Waals surface area contributed by atoms with Crippen molar-refractivity contribution < 1.29 is 14.6 Å². The highest BCUT2D eigenvalue weighted by Crippen LogP contribution is 2.25. The summed E-state index contributed by atoms with van der Waals surface area (Å²) >= 11 is 0. The second-order valence-corrected chi connectivity index (χ2v) is 5.61. The van der Waals surface area contributed by atoms with E-state index < -0.39 is 11.2 Å². The van der Waals surface area contributed by atoms with Gasteiger partial charge in [0.15, 0.2) is 0 Å². The van der Waals surface area contributed by atoms with Crippen LogP contribution in [0.1, 0.15) is 40.0 Å². The molecule has 1 heterocycles. The third-order valence-electron chi connectivity index (χ3n) is 2.64. The Morgan fingerprint density at radius 3 is 2.76 bits per heavy atom. The monoisotopic (exact) mass is 239 g/mol. The van der Waals surface area contributed by atoms with Gasteiger partial charge >= 0.3 is 6.09 Å². The quantitative estimate of drug-likeness (QED) is 0.709. The molecule has 0 radical (unpaired) electrons. The summed E-state index contributed by atoms with van der Waals surface area (Å²) in [5, 5.41) is 10.2. The predicted octanol–water partition coefficient (Wildman–Crippen LogP) is 1.77. The highest BCUT2D eigenvalue weighted by molar-refractivity contribution is 5.68. The van der Waals surface area contributed by atoms with Gasteiger partial charge in [-0.25, -0.2) is 4.79 Å². The predicted molar refractivity (Wildman–Crippen MR) is 65.4 cm³/mol. The first-order valence-electron chi connectivity index (χ1n) is 5.89. The summed E-state index contributed by atoms with van der Waals surface area (Å²) in [7, 11) is 0. The number of likely N-dealkylation sites (tertiary alicyclic amines) is 1. The molecule has 0 aromatic rings. The van der Waals surface area contributed by atoms with Crippen molar-refractivity contribution in [2.45, 2.75) is 51.2 Å². The molecule has 1 unspecified atom stereocenters. The maximum atomic E-state index is 11.8. The van der Waals surface area contributed by atoms with Gasteiger partial charge in [-0.05, 0) is 33.6 Å². The Kier molecular flexibility index (Phi) is 4.05. The molecule has 0 aromatic heterocycles. The van der Waals surface area contributed by atoms with Crippen molar-refractivity contribution in [3.8, 4) is 12.3 Å². The first kappa shape index (κ1) is 13.9. The fraction of sp³-hybridized carbons (Fsp3) is 0.769. The van der Waals surface area contributed by atoms with Gasteiger partial charge in [-0.2, -0.15) is 0 Å². The number of amides is 1. The molecule has 1 rings (SSSR count). The van der Waals surface area contributed by atoms with E-state index in [1.165, 1.54) is 4.90 Å². The van der Waals surface area contributed by atoms with Crippen molar-refractivity contribution in [1.82, 2.24) is 4.90 Å². The Labute approximate surface area is 103 Å². The Bertz CT molecular complexity index is 327. The maximum absolute atomic E-state index is 11.8. The summed E-state index contributed by atoms with van der Waals surface area (Å²) in [4.78, 5) is 13.4. The molecule has 1 aliphatic heterocycles. The molecule has 1 atom stereocenters. The summed E-state index contributed by atoms with van der Waals surface area (Å²) < 4.78 is 5.27. The van der Waals surface area contributed by atoms with Gasteiger partial charge in [0.1, 0.15) is 5.60 Å². The molecule has 1 amide bonds. The first-order valence-corrected chi connectivity index (χ1v) is 5.89. The molecule has 4 heteroatoms. The van der Waals surface area contributed by atoms with Crippen LogP contribution in [0, 0.1) is 12.3 Å². The Morgan fingerprint density at radius 2 is 2.24 bits per heavy atom. The molecule has 0 bridgehead atoms. The lowest BCUT2D eigenvalue weighted by molar-refractivity contribution is -0.0399. The van der Waals surface area contributed by atoms with Crippen LogP contribution in [0.5, 0.6) is 0 Å². The highest BCUT2D eigenvalue weighted by atomic mass is 16.6. The molecule has 1 N–H and O–H groups in total. The molecule has 1 fully saturated rings. The van der Waals surface area contributed by atoms with Crippen molar-refractivity contribution in [3.63, 3.8) is 0 Å². The summed E-state index contributed by atoms with van der Waals surface area (Å²) in [6.07, 6.45) is 6.49. The van der Waals surface area contributed by atoms with Crippen molar-refractivity contribution in [2.24, 2.45) is 0 Å². The molecule has 1 saturated heterocycles. The van der Waals surface area contributed by atoms with Gasteiger partial charge in [-0.15, -0.1) is 12.3 Å². The summed E-state index contributed by atoms with van der Waals surface area (Å²) in [6, 6.07) is 0. The number of β-amino-alcohol motifs (C(OH)–C–C–N with tert-alkyl or cyclic N) is 1. The van der Waals surface area contributed by atoms with Gasteiger partial charge in [-0.3, -0.25) is 0 Å². The Balaban J connectivity index is 2.61. The largest absolute Gasteiger partial charge is 0.444 e. The van der Waals surface area contributed by atoms with Crippen LogP contribution in [0.15, 0.2) is 0 Å². The van der Waals surface area contributed by atoms with Gasteiger partial charge in [0, 0.05) is 13.0 Å². The SMILES string of the molecule is C#CCC1(O)CCCN(C(=O)OC(C)(C)C)C1. The van der Waals surface area contributed by atoms with E-state index in [-0.39, 0.29) is 19.1 Å². The van der Waals surface area contributed by atoms with Crippen LogP contribution in [-0.2, 0) is 4.74 Å². The zero-order valence-electron chi connectivity index (χ0n) is 10.8. The summed E-state index contributed by atoms with van der Waals surface area (Å²) in [5.41, 5.74) is -1.47. The normalized spacial score (nSPS) is 25.2. The number of hydrogen-bond donors (Lipinski definition) is 1. The van der Waals surface area contributed by atoms with E-state index in [1.807, 2.05) is 20.8 Å². The second-order valence-electron chi connectivity index (χ2n) is 5.61. The van der Waals surface area contributed by atoms with E-state index in [2.05, 4.69) is 5.92 Å². The molecule has 96 valence electrons. The van der Waals surface area contributed by atoms with E-state index in [9.17, 15) is 9.90 Å². The summed E-state index contributed by atoms with van der Waals surface area (Å²) in [5.74, 6) is 2.46. The molecule has 0 spiro atoms. The van der Waals surface area contributed by atoms with E-state index in [1.54, 1.807) is 0 Å². The van der Waals surface area contributed by atoms with Crippen molar-refractivity contribution in [3.05, 3.63) is 0 Å². The van der Waals surface area contributed by atoms with Crippen LogP contribution in [0.2, 0.25) is 0 Å². The lowest BCUT2D eigenvalue weighted by Crippen LogP contribution is -2.51. The van der Waals surface area contributed by atoms with E-state index >= 15 is 0 Å². The zero-order chi connectivity index (χ0) is 13.1. The minimum Gasteiger partial charge on any atom is -0.444 e. The number of terminal acetylenes is 1. The van der Waals surface area contributed by atoms with E-state index in [4.69, 9.17) is 11.2 Å². The molecule has 17 heavy (non-hydrogen) atoms. The third kappa shape index (κ3) is 4.27. The van der Waals surface area contributed by atoms with Crippen LogP contribution in [0.3, 0.4) is 0 Å². The van der Waals surface area contributed by atoms with Crippen LogP contribution in [-0.4, -0.2) is 40.4 Å². The van der Waals surface area contributed by atoms with Crippen LogP contribution >= 0.6 is 0 Å². The average molecular weight is 239 g/mol. The fourth-order valence-corrected chi connectivity index (χ4v) is 1.93. The first-order chi connectivity index (χ1) is 7.76. The number of piperidine rings is 1. The highest BCUT2D eigenvalue weighted by Gasteiger charge is 2.36. The molecule has 1 aliphatic rings. The number of rotatable bonds is 1. The number of ether oxygens (including phenoxy) is 1. The molecule has 0 saturated carbocycles. The number of nitrogens with zero attached hydrogens (tertiary/aromatic N) is 1.